The van der Waals surface area contributed by atoms with E-state index >= 15 is 0 Å². The van der Waals surface area contributed by atoms with Crippen LogP contribution in [0.3, 0.4) is 0 Å². The van der Waals surface area contributed by atoms with Crippen LogP contribution in [0.25, 0.3) is 0 Å². The third-order valence-corrected chi connectivity index (χ3v) is 3.83. The highest BCUT2D eigenvalue weighted by Crippen LogP contribution is 2.17. The summed E-state index contributed by atoms with van der Waals surface area (Å²) in [6.45, 7) is -0.485. The Bertz CT molecular complexity index is 417. The number of nitrogens with two attached hydrogens (primary N) is 1. The van der Waals surface area contributed by atoms with Crippen molar-refractivity contribution in [3.8, 4) is 0 Å². The molecule has 1 rings (SSSR count). The Hall–Kier alpha value is -0.940. The lowest BCUT2D eigenvalue weighted by Crippen LogP contribution is -2.13. The van der Waals surface area contributed by atoms with Gasteiger partial charge < -0.3 is 5.73 Å². The summed E-state index contributed by atoms with van der Waals surface area (Å²) in [7, 11) is -3.49. The van der Waals surface area contributed by atoms with Crippen LogP contribution in [0.5, 0.6) is 0 Å². The van der Waals surface area contributed by atoms with Crippen LogP contribution >= 0.6 is 0 Å². The summed E-state index contributed by atoms with van der Waals surface area (Å²) in [6, 6.07) is 6.58. The molecule has 0 aliphatic rings. The molecule has 0 spiro atoms. The van der Waals surface area contributed by atoms with Gasteiger partial charge in [0, 0.05) is 0 Å². The van der Waals surface area contributed by atoms with Crippen LogP contribution in [0.1, 0.15) is 5.56 Å². The number of hydrogen-bond donors (Lipinski definition) is 1. The van der Waals surface area contributed by atoms with Crippen LogP contribution in [0.15, 0.2) is 29.2 Å². The van der Waals surface area contributed by atoms with Crippen molar-refractivity contribution in [3.05, 3.63) is 29.8 Å². The summed E-state index contributed by atoms with van der Waals surface area (Å²) < 4.78 is 35.4. The van der Waals surface area contributed by atoms with Crippen molar-refractivity contribution >= 4 is 9.84 Å². The molecule has 0 unspecified atom stereocenters. The Balaban J connectivity index is 3.12. The molecular formula is C10H14FNO2S. The molecule has 0 fully saturated rings. The molecule has 0 aromatic heterocycles. The second-order valence-corrected chi connectivity index (χ2v) is 5.23. The standard InChI is InChI=1S/C10H14FNO2S/c11-6-8-15(13,14)10-4-2-1-3-9(10)5-7-12/h1-4H,5-8,12H2. The molecule has 0 aliphatic heterocycles. The minimum absolute atomic E-state index is 0.202. The largest absolute Gasteiger partial charge is 0.330 e. The molecule has 0 amide bonds. The summed E-state index contributed by atoms with van der Waals surface area (Å²) in [5, 5.41) is 0. The van der Waals surface area contributed by atoms with E-state index in [2.05, 4.69) is 0 Å². The number of alkyl halides is 1. The van der Waals surface area contributed by atoms with Crippen LogP contribution < -0.4 is 5.73 Å². The molecule has 0 radical (unpaired) electrons. The Labute approximate surface area is 89.0 Å². The van der Waals surface area contributed by atoms with Gasteiger partial charge >= 0.3 is 0 Å². The van der Waals surface area contributed by atoms with Gasteiger partial charge in [0.2, 0.25) is 0 Å². The number of benzene rings is 1. The van der Waals surface area contributed by atoms with Crippen molar-refractivity contribution in [2.75, 3.05) is 19.0 Å². The molecule has 15 heavy (non-hydrogen) atoms. The van der Waals surface area contributed by atoms with Gasteiger partial charge in [0.15, 0.2) is 9.84 Å². The van der Waals surface area contributed by atoms with Gasteiger partial charge in [-0.3, -0.25) is 0 Å². The number of halogens is 1. The fourth-order valence-electron chi connectivity index (χ4n) is 1.38. The third-order valence-electron chi connectivity index (χ3n) is 2.07. The van der Waals surface area contributed by atoms with Gasteiger partial charge in [-0.15, -0.1) is 0 Å². The SMILES string of the molecule is NCCc1ccccc1S(=O)(=O)CCF. The van der Waals surface area contributed by atoms with Gasteiger partial charge in [-0.2, -0.15) is 0 Å². The number of rotatable bonds is 5. The second kappa shape index (κ2) is 5.23. The molecule has 1 aromatic rings. The third kappa shape index (κ3) is 3.00. The van der Waals surface area contributed by atoms with Gasteiger partial charge in [0.05, 0.1) is 10.6 Å². The first-order valence-electron chi connectivity index (χ1n) is 4.68. The molecule has 0 saturated carbocycles. The predicted molar refractivity (Wildman–Crippen MR) is 57.2 cm³/mol. The summed E-state index contributed by atoms with van der Waals surface area (Å²) in [6.07, 6.45) is 0.488. The van der Waals surface area contributed by atoms with Gasteiger partial charge in [0.1, 0.15) is 6.67 Å². The quantitative estimate of drug-likeness (QED) is 0.820. The van der Waals surface area contributed by atoms with Crippen LogP contribution in [0.2, 0.25) is 0 Å². The van der Waals surface area contributed by atoms with E-state index in [1.54, 1.807) is 18.2 Å². The molecule has 0 heterocycles. The lowest BCUT2D eigenvalue weighted by Gasteiger charge is -2.07. The molecule has 0 aliphatic carbocycles. The van der Waals surface area contributed by atoms with Crippen molar-refractivity contribution in [3.63, 3.8) is 0 Å². The van der Waals surface area contributed by atoms with Crippen molar-refractivity contribution in [1.82, 2.24) is 0 Å². The molecule has 3 nitrogen and oxygen atoms in total. The van der Waals surface area contributed by atoms with Crippen molar-refractivity contribution < 1.29 is 12.8 Å². The van der Waals surface area contributed by atoms with Gasteiger partial charge in [-0.25, -0.2) is 12.8 Å². The van der Waals surface area contributed by atoms with Crippen molar-refractivity contribution in [2.24, 2.45) is 5.73 Å². The maximum Gasteiger partial charge on any atom is 0.181 e. The molecule has 0 atom stereocenters. The monoisotopic (exact) mass is 231 g/mol. The summed E-state index contributed by atoms with van der Waals surface area (Å²) in [4.78, 5) is 0.202. The highest BCUT2D eigenvalue weighted by atomic mass is 32.2. The normalized spacial score (nSPS) is 11.6. The summed E-state index contributed by atoms with van der Waals surface area (Å²) in [5.41, 5.74) is 6.04. The molecule has 84 valence electrons. The fourth-order valence-corrected chi connectivity index (χ4v) is 2.66. The highest BCUT2D eigenvalue weighted by molar-refractivity contribution is 7.91. The van der Waals surface area contributed by atoms with Gasteiger partial charge in [0.25, 0.3) is 0 Å². The van der Waals surface area contributed by atoms with E-state index in [0.29, 0.717) is 18.5 Å². The lowest BCUT2D eigenvalue weighted by molar-refractivity contribution is 0.517. The maximum atomic E-state index is 12.1. The lowest BCUT2D eigenvalue weighted by atomic mass is 10.1. The first-order chi connectivity index (χ1) is 7.11. The Kier molecular flexibility index (Phi) is 4.23. The first kappa shape index (κ1) is 12.1. The second-order valence-electron chi connectivity index (χ2n) is 3.15. The Morgan fingerprint density at radius 3 is 2.53 bits per heavy atom. The number of sulfone groups is 1. The van der Waals surface area contributed by atoms with Crippen molar-refractivity contribution in [1.29, 1.82) is 0 Å². The Morgan fingerprint density at radius 1 is 1.27 bits per heavy atom. The van der Waals surface area contributed by atoms with E-state index in [1.165, 1.54) is 6.07 Å². The topological polar surface area (TPSA) is 60.2 Å². The highest BCUT2D eigenvalue weighted by Gasteiger charge is 2.17. The molecule has 5 heteroatoms. The van der Waals surface area contributed by atoms with E-state index in [1.807, 2.05) is 0 Å². The zero-order chi connectivity index (χ0) is 11.3. The van der Waals surface area contributed by atoms with Crippen LogP contribution in [0.4, 0.5) is 4.39 Å². The summed E-state index contributed by atoms with van der Waals surface area (Å²) >= 11 is 0. The molecule has 0 bridgehead atoms. The molecule has 0 saturated heterocycles. The zero-order valence-corrected chi connectivity index (χ0v) is 9.13. The number of hydrogen-bond acceptors (Lipinski definition) is 3. The van der Waals surface area contributed by atoms with E-state index in [0.717, 1.165) is 0 Å². The van der Waals surface area contributed by atoms with E-state index in [9.17, 15) is 12.8 Å². The summed E-state index contributed by atoms with van der Waals surface area (Å²) in [5.74, 6) is -0.464. The average Bonchev–Trinajstić information content (AvgIpc) is 2.19. The van der Waals surface area contributed by atoms with Crippen LogP contribution in [-0.4, -0.2) is 27.4 Å². The minimum Gasteiger partial charge on any atom is -0.330 e. The maximum absolute atomic E-state index is 12.1. The van der Waals surface area contributed by atoms with Crippen LogP contribution in [0, 0.1) is 0 Å². The van der Waals surface area contributed by atoms with Gasteiger partial charge in [-0.05, 0) is 24.6 Å². The predicted octanol–water partition coefficient (Wildman–Crippen LogP) is 0.931. The van der Waals surface area contributed by atoms with Crippen molar-refractivity contribution in [2.45, 2.75) is 11.3 Å². The first-order valence-corrected chi connectivity index (χ1v) is 6.33. The minimum atomic E-state index is -3.49. The van der Waals surface area contributed by atoms with Gasteiger partial charge in [-0.1, -0.05) is 18.2 Å². The van der Waals surface area contributed by atoms with Crippen LogP contribution in [-0.2, 0) is 16.3 Å². The molecular weight excluding hydrogens is 217 g/mol. The average molecular weight is 231 g/mol. The molecule has 1 aromatic carbocycles. The smallest absolute Gasteiger partial charge is 0.181 e. The Morgan fingerprint density at radius 2 is 1.93 bits per heavy atom. The fraction of sp³-hybridized carbons (Fsp3) is 0.400. The van der Waals surface area contributed by atoms with E-state index in [-0.39, 0.29) is 4.90 Å². The molecule has 2 N–H and O–H groups in total. The van der Waals surface area contributed by atoms with E-state index < -0.39 is 22.3 Å². The van der Waals surface area contributed by atoms with E-state index in [4.69, 9.17) is 5.73 Å². The zero-order valence-electron chi connectivity index (χ0n) is 8.32.